The first kappa shape index (κ1) is 15.8. The molecule has 9 heteroatoms. The number of ether oxygens (including phenoxy) is 1. The largest absolute Gasteiger partial charge is 0.444 e. The molecule has 0 saturated carbocycles. The number of nitrogens with zero attached hydrogens (tertiary/aromatic N) is 2. The molecule has 0 aliphatic heterocycles. The SMILES string of the molecule is CC(C)(C)OC(=O)NCCCNc1nc2[nH]cnc2c(=O)[nH]1. The van der Waals surface area contributed by atoms with E-state index in [1.54, 1.807) is 0 Å². The Morgan fingerprint density at radius 2 is 2.14 bits per heavy atom. The number of nitrogens with one attached hydrogen (secondary N) is 4. The Kier molecular flexibility index (Phi) is 4.64. The van der Waals surface area contributed by atoms with Crippen LogP contribution in [0, 0.1) is 0 Å². The van der Waals surface area contributed by atoms with E-state index in [1.807, 2.05) is 20.8 Å². The number of H-pyrrole nitrogens is 2. The van der Waals surface area contributed by atoms with Gasteiger partial charge in [-0.05, 0) is 27.2 Å². The number of carbonyl (C=O) groups is 1. The Bertz CT molecular complexity index is 700. The van der Waals surface area contributed by atoms with Crippen LogP contribution in [-0.2, 0) is 4.74 Å². The van der Waals surface area contributed by atoms with Crippen molar-refractivity contribution in [2.24, 2.45) is 0 Å². The fourth-order valence-corrected chi connectivity index (χ4v) is 1.73. The van der Waals surface area contributed by atoms with Gasteiger partial charge in [-0.1, -0.05) is 0 Å². The molecule has 0 bridgehead atoms. The van der Waals surface area contributed by atoms with Gasteiger partial charge in [-0.15, -0.1) is 0 Å². The third-order valence-electron chi connectivity index (χ3n) is 2.60. The van der Waals surface area contributed by atoms with Crippen LogP contribution in [0.4, 0.5) is 10.7 Å². The van der Waals surface area contributed by atoms with Crippen molar-refractivity contribution < 1.29 is 9.53 Å². The normalized spacial score (nSPS) is 11.4. The van der Waals surface area contributed by atoms with Gasteiger partial charge in [0, 0.05) is 13.1 Å². The van der Waals surface area contributed by atoms with Crippen LogP contribution in [-0.4, -0.2) is 44.7 Å². The molecule has 0 unspecified atom stereocenters. The number of aromatic nitrogens is 4. The summed E-state index contributed by atoms with van der Waals surface area (Å²) in [5.74, 6) is 0.360. The summed E-state index contributed by atoms with van der Waals surface area (Å²) in [6.45, 7) is 6.42. The third-order valence-corrected chi connectivity index (χ3v) is 2.60. The van der Waals surface area contributed by atoms with E-state index in [9.17, 15) is 9.59 Å². The van der Waals surface area contributed by atoms with Crippen LogP contribution in [0.5, 0.6) is 0 Å². The predicted octanol–water partition coefficient (Wildman–Crippen LogP) is 0.973. The van der Waals surface area contributed by atoms with Crippen molar-refractivity contribution in [3.63, 3.8) is 0 Å². The fourth-order valence-electron chi connectivity index (χ4n) is 1.73. The number of hydrogen-bond donors (Lipinski definition) is 4. The zero-order valence-electron chi connectivity index (χ0n) is 12.8. The van der Waals surface area contributed by atoms with Gasteiger partial charge in [0.2, 0.25) is 5.95 Å². The van der Waals surface area contributed by atoms with Crippen LogP contribution in [0.1, 0.15) is 27.2 Å². The quantitative estimate of drug-likeness (QED) is 0.610. The lowest BCUT2D eigenvalue weighted by Gasteiger charge is -2.19. The number of imidazole rings is 1. The lowest BCUT2D eigenvalue weighted by Crippen LogP contribution is -2.33. The van der Waals surface area contributed by atoms with E-state index in [-0.39, 0.29) is 11.1 Å². The minimum absolute atomic E-state index is 0.275. The van der Waals surface area contributed by atoms with E-state index < -0.39 is 11.7 Å². The van der Waals surface area contributed by atoms with Crippen LogP contribution in [0.25, 0.3) is 11.2 Å². The number of rotatable bonds is 5. The van der Waals surface area contributed by atoms with Gasteiger partial charge in [-0.2, -0.15) is 4.98 Å². The highest BCUT2D eigenvalue weighted by Crippen LogP contribution is 2.06. The number of carbonyl (C=O) groups excluding carboxylic acids is 1. The molecule has 120 valence electrons. The first-order valence-corrected chi connectivity index (χ1v) is 6.99. The molecular weight excluding hydrogens is 288 g/mol. The Balaban J connectivity index is 1.74. The van der Waals surface area contributed by atoms with Gasteiger partial charge >= 0.3 is 6.09 Å². The molecule has 9 nitrogen and oxygen atoms in total. The summed E-state index contributed by atoms with van der Waals surface area (Å²) in [4.78, 5) is 36.5. The third kappa shape index (κ3) is 4.47. The zero-order chi connectivity index (χ0) is 16.2. The Morgan fingerprint density at radius 1 is 1.36 bits per heavy atom. The highest BCUT2D eigenvalue weighted by Gasteiger charge is 2.15. The summed E-state index contributed by atoms with van der Waals surface area (Å²) in [6, 6.07) is 0. The number of alkyl carbamates (subject to hydrolysis) is 1. The summed E-state index contributed by atoms with van der Waals surface area (Å²) >= 11 is 0. The molecular formula is C13H20N6O3. The summed E-state index contributed by atoms with van der Waals surface area (Å²) in [7, 11) is 0. The first-order chi connectivity index (χ1) is 10.3. The second-order valence-corrected chi connectivity index (χ2v) is 5.72. The van der Waals surface area contributed by atoms with E-state index in [4.69, 9.17) is 4.74 Å². The fraction of sp³-hybridized carbons (Fsp3) is 0.538. The van der Waals surface area contributed by atoms with Gasteiger partial charge in [0.1, 0.15) is 5.60 Å². The second kappa shape index (κ2) is 6.46. The number of hydrogen-bond acceptors (Lipinski definition) is 6. The minimum Gasteiger partial charge on any atom is -0.444 e. The van der Waals surface area contributed by atoms with Gasteiger partial charge < -0.3 is 20.4 Å². The molecule has 1 amide bonds. The standard InChI is InChI=1S/C13H20N6O3/c1-13(2,3)22-12(21)15-6-4-5-14-11-18-9-8(10(20)19-11)16-7-17-9/h7H,4-6H2,1-3H3,(H,15,21)(H3,14,16,17,18,19,20). The molecule has 2 aromatic rings. The van der Waals surface area contributed by atoms with Crippen molar-refractivity contribution in [3.8, 4) is 0 Å². The van der Waals surface area contributed by atoms with Gasteiger partial charge in [0.25, 0.3) is 5.56 Å². The maximum absolute atomic E-state index is 11.7. The molecule has 0 spiro atoms. The van der Waals surface area contributed by atoms with Crippen molar-refractivity contribution in [1.29, 1.82) is 0 Å². The highest BCUT2D eigenvalue weighted by molar-refractivity contribution is 5.69. The zero-order valence-corrected chi connectivity index (χ0v) is 12.8. The molecule has 4 N–H and O–H groups in total. The number of anilines is 1. The molecule has 0 atom stereocenters. The van der Waals surface area contributed by atoms with Gasteiger partial charge in [-0.3, -0.25) is 9.78 Å². The van der Waals surface area contributed by atoms with E-state index in [1.165, 1.54) is 6.33 Å². The molecule has 2 aromatic heterocycles. The van der Waals surface area contributed by atoms with Gasteiger partial charge in [-0.25, -0.2) is 9.78 Å². The Hall–Kier alpha value is -2.58. The molecule has 0 saturated heterocycles. The van der Waals surface area contributed by atoms with Crippen LogP contribution in [0.2, 0.25) is 0 Å². The molecule has 0 aliphatic rings. The summed E-state index contributed by atoms with van der Waals surface area (Å²) < 4.78 is 5.12. The van der Waals surface area contributed by atoms with E-state index in [0.717, 1.165) is 0 Å². The molecule has 0 radical (unpaired) electrons. The Morgan fingerprint density at radius 3 is 2.86 bits per heavy atom. The summed E-state index contributed by atoms with van der Waals surface area (Å²) in [6.07, 6.45) is 1.63. The summed E-state index contributed by atoms with van der Waals surface area (Å²) in [5, 5.41) is 5.64. The topological polar surface area (TPSA) is 125 Å². The molecule has 2 heterocycles. The van der Waals surface area contributed by atoms with Crippen LogP contribution >= 0.6 is 0 Å². The average molecular weight is 308 g/mol. The summed E-state index contributed by atoms with van der Waals surface area (Å²) in [5.41, 5.74) is -0.110. The van der Waals surface area contributed by atoms with Crippen LogP contribution in [0.15, 0.2) is 11.1 Å². The second-order valence-electron chi connectivity index (χ2n) is 5.72. The van der Waals surface area contributed by atoms with Crippen molar-refractivity contribution >= 4 is 23.2 Å². The maximum atomic E-state index is 11.7. The molecule has 2 rings (SSSR count). The molecule has 0 fully saturated rings. The van der Waals surface area contributed by atoms with Gasteiger partial charge in [0.05, 0.1) is 6.33 Å². The monoisotopic (exact) mass is 308 g/mol. The van der Waals surface area contributed by atoms with Crippen LogP contribution < -0.4 is 16.2 Å². The van der Waals surface area contributed by atoms with Crippen molar-refractivity contribution in [1.82, 2.24) is 25.3 Å². The van der Waals surface area contributed by atoms with Crippen LogP contribution in [0.3, 0.4) is 0 Å². The smallest absolute Gasteiger partial charge is 0.407 e. The van der Waals surface area contributed by atoms with E-state index in [2.05, 4.69) is 30.6 Å². The molecule has 0 aliphatic carbocycles. The number of fused-ring (bicyclic) bond motifs is 1. The molecule has 22 heavy (non-hydrogen) atoms. The number of aromatic amines is 2. The molecule has 0 aromatic carbocycles. The minimum atomic E-state index is -0.509. The predicted molar refractivity (Wildman–Crippen MR) is 81.9 cm³/mol. The average Bonchev–Trinajstić information content (AvgIpc) is 2.85. The van der Waals surface area contributed by atoms with E-state index in [0.29, 0.717) is 31.1 Å². The lowest BCUT2D eigenvalue weighted by molar-refractivity contribution is 0.0528. The lowest BCUT2D eigenvalue weighted by atomic mass is 10.2. The van der Waals surface area contributed by atoms with Crippen molar-refractivity contribution in [3.05, 3.63) is 16.7 Å². The van der Waals surface area contributed by atoms with Crippen molar-refractivity contribution in [2.75, 3.05) is 18.4 Å². The maximum Gasteiger partial charge on any atom is 0.407 e. The first-order valence-electron chi connectivity index (χ1n) is 6.99. The highest BCUT2D eigenvalue weighted by atomic mass is 16.6. The van der Waals surface area contributed by atoms with Crippen molar-refractivity contribution in [2.45, 2.75) is 32.8 Å². The Labute approximate surface area is 126 Å². The van der Waals surface area contributed by atoms with E-state index >= 15 is 0 Å². The van der Waals surface area contributed by atoms with Gasteiger partial charge in [0.15, 0.2) is 11.2 Å². The number of amides is 1.